The van der Waals surface area contributed by atoms with Gasteiger partial charge in [0.2, 0.25) is 0 Å². The molecule has 2 saturated heterocycles. The van der Waals surface area contributed by atoms with E-state index in [9.17, 15) is 0 Å². The second-order valence-corrected chi connectivity index (χ2v) is 6.72. The standard InChI is InChI=1S/C16H22BrNO3/c17-14-9-12(3-6-18)1-2-15(14)21-13-4-7-20-16(10-13)5-8-19-11-16/h1-2,9,13H,3-8,10-11,18H2. The zero-order valence-corrected chi connectivity index (χ0v) is 13.7. The van der Waals surface area contributed by atoms with Gasteiger partial charge in [-0.3, -0.25) is 0 Å². The lowest BCUT2D eigenvalue weighted by atomic mass is 9.91. The van der Waals surface area contributed by atoms with E-state index in [0.29, 0.717) is 13.2 Å². The summed E-state index contributed by atoms with van der Waals surface area (Å²) in [7, 11) is 0. The van der Waals surface area contributed by atoms with Gasteiger partial charge in [0, 0.05) is 25.9 Å². The summed E-state index contributed by atoms with van der Waals surface area (Å²) in [6.07, 6.45) is 3.89. The summed E-state index contributed by atoms with van der Waals surface area (Å²) in [5.74, 6) is 0.900. The average molecular weight is 356 g/mol. The summed E-state index contributed by atoms with van der Waals surface area (Å²) in [5.41, 5.74) is 6.70. The molecule has 2 N–H and O–H groups in total. The molecule has 3 rings (SSSR count). The molecule has 1 aromatic carbocycles. The minimum Gasteiger partial charge on any atom is -0.489 e. The van der Waals surface area contributed by atoms with E-state index in [0.717, 1.165) is 49.1 Å². The molecule has 0 aromatic heterocycles. The molecule has 2 atom stereocenters. The average Bonchev–Trinajstić information content (AvgIpc) is 2.90. The van der Waals surface area contributed by atoms with Crippen molar-refractivity contribution in [3.63, 3.8) is 0 Å². The van der Waals surface area contributed by atoms with Gasteiger partial charge in [-0.25, -0.2) is 0 Å². The Labute approximate surface area is 134 Å². The SMILES string of the molecule is NCCc1ccc(OC2CCOC3(CCOC3)C2)c(Br)c1. The minimum atomic E-state index is -0.116. The van der Waals surface area contributed by atoms with Gasteiger partial charge in [-0.2, -0.15) is 0 Å². The van der Waals surface area contributed by atoms with Crippen LogP contribution in [0.1, 0.15) is 24.8 Å². The van der Waals surface area contributed by atoms with Crippen LogP contribution >= 0.6 is 15.9 Å². The zero-order valence-electron chi connectivity index (χ0n) is 12.1. The van der Waals surface area contributed by atoms with Gasteiger partial charge < -0.3 is 19.9 Å². The van der Waals surface area contributed by atoms with Crippen LogP contribution in [0.4, 0.5) is 0 Å². The van der Waals surface area contributed by atoms with Gasteiger partial charge in [-0.15, -0.1) is 0 Å². The van der Waals surface area contributed by atoms with Crippen LogP contribution in [-0.4, -0.2) is 38.1 Å². The number of nitrogens with two attached hydrogens (primary N) is 1. The van der Waals surface area contributed by atoms with Crippen molar-refractivity contribution in [1.29, 1.82) is 0 Å². The first kappa shape index (κ1) is 15.3. The molecular formula is C16H22BrNO3. The molecular weight excluding hydrogens is 334 g/mol. The summed E-state index contributed by atoms with van der Waals surface area (Å²) in [4.78, 5) is 0. The number of benzene rings is 1. The van der Waals surface area contributed by atoms with Crippen molar-refractivity contribution < 1.29 is 14.2 Å². The molecule has 4 nitrogen and oxygen atoms in total. The molecule has 21 heavy (non-hydrogen) atoms. The highest BCUT2D eigenvalue weighted by atomic mass is 79.9. The summed E-state index contributed by atoms with van der Waals surface area (Å²) >= 11 is 3.60. The van der Waals surface area contributed by atoms with Crippen LogP contribution in [-0.2, 0) is 15.9 Å². The number of rotatable bonds is 4. The van der Waals surface area contributed by atoms with E-state index in [1.807, 2.05) is 6.07 Å². The molecule has 0 saturated carbocycles. The number of hydrogen-bond donors (Lipinski definition) is 1. The van der Waals surface area contributed by atoms with E-state index in [1.54, 1.807) is 0 Å². The molecule has 2 fully saturated rings. The van der Waals surface area contributed by atoms with Crippen molar-refractivity contribution in [2.24, 2.45) is 5.73 Å². The predicted molar refractivity (Wildman–Crippen MR) is 84.7 cm³/mol. The van der Waals surface area contributed by atoms with Gasteiger partial charge in [0.05, 0.1) is 23.3 Å². The molecule has 1 spiro atoms. The first-order chi connectivity index (χ1) is 10.2. The Morgan fingerprint density at radius 1 is 1.38 bits per heavy atom. The number of hydrogen-bond acceptors (Lipinski definition) is 4. The van der Waals surface area contributed by atoms with Crippen molar-refractivity contribution >= 4 is 15.9 Å². The third-order valence-electron chi connectivity index (χ3n) is 4.24. The smallest absolute Gasteiger partial charge is 0.133 e. The van der Waals surface area contributed by atoms with Gasteiger partial charge in [0.1, 0.15) is 11.9 Å². The largest absolute Gasteiger partial charge is 0.489 e. The van der Waals surface area contributed by atoms with E-state index in [-0.39, 0.29) is 11.7 Å². The molecule has 2 aliphatic heterocycles. The van der Waals surface area contributed by atoms with Gasteiger partial charge >= 0.3 is 0 Å². The van der Waals surface area contributed by atoms with Crippen molar-refractivity contribution in [3.05, 3.63) is 28.2 Å². The van der Waals surface area contributed by atoms with Crippen LogP contribution in [0.3, 0.4) is 0 Å². The lowest BCUT2D eigenvalue weighted by molar-refractivity contribution is -0.112. The molecule has 2 unspecified atom stereocenters. The van der Waals surface area contributed by atoms with Gasteiger partial charge in [-0.05, 0) is 46.6 Å². The highest BCUT2D eigenvalue weighted by Gasteiger charge is 2.41. The first-order valence-corrected chi connectivity index (χ1v) is 8.37. The molecule has 0 radical (unpaired) electrons. The Morgan fingerprint density at radius 3 is 3.00 bits per heavy atom. The van der Waals surface area contributed by atoms with Gasteiger partial charge in [-0.1, -0.05) is 6.07 Å². The Kier molecular flexibility index (Phi) is 4.84. The zero-order chi connectivity index (χ0) is 14.7. The van der Waals surface area contributed by atoms with Crippen LogP contribution in [0.2, 0.25) is 0 Å². The van der Waals surface area contributed by atoms with Gasteiger partial charge in [0.15, 0.2) is 0 Å². The maximum absolute atomic E-state index is 6.19. The fourth-order valence-electron chi connectivity index (χ4n) is 3.09. The van der Waals surface area contributed by atoms with Crippen molar-refractivity contribution in [2.45, 2.75) is 37.4 Å². The molecule has 0 aliphatic carbocycles. The Hall–Kier alpha value is -0.620. The second kappa shape index (κ2) is 6.65. The molecule has 116 valence electrons. The summed E-state index contributed by atoms with van der Waals surface area (Å²) in [6, 6.07) is 6.21. The lowest BCUT2D eigenvalue weighted by Crippen LogP contribution is -2.44. The monoisotopic (exact) mass is 355 g/mol. The fraction of sp³-hybridized carbons (Fsp3) is 0.625. The fourth-order valence-corrected chi connectivity index (χ4v) is 3.61. The normalized spacial score (nSPS) is 29.0. The summed E-state index contributed by atoms with van der Waals surface area (Å²) in [6.45, 7) is 2.90. The summed E-state index contributed by atoms with van der Waals surface area (Å²) < 4.78 is 18.6. The maximum atomic E-state index is 6.19. The van der Waals surface area contributed by atoms with Crippen LogP contribution in [0.5, 0.6) is 5.75 Å². The number of ether oxygens (including phenoxy) is 3. The van der Waals surface area contributed by atoms with Crippen molar-refractivity contribution in [2.75, 3.05) is 26.4 Å². The van der Waals surface area contributed by atoms with Crippen molar-refractivity contribution in [3.8, 4) is 5.75 Å². The van der Waals surface area contributed by atoms with Crippen LogP contribution in [0, 0.1) is 0 Å². The van der Waals surface area contributed by atoms with E-state index in [4.69, 9.17) is 19.9 Å². The topological polar surface area (TPSA) is 53.7 Å². The minimum absolute atomic E-state index is 0.116. The Bertz CT molecular complexity index is 488. The van der Waals surface area contributed by atoms with E-state index >= 15 is 0 Å². The van der Waals surface area contributed by atoms with E-state index < -0.39 is 0 Å². The van der Waals surface area contributed by atoms with Crippen LogP contribution in [0.15, 0.2) is 22.7 Å². The third kappa shape index (κ3) is 3.59. The summed E-state index contributed by atoms with van der Waals surface area (Å²) in [5, 5.41) is 0. The van der Waals surface area contributed by atoms with Crippen molar-refractivity contribution in [1.82, 2.24) is 0 Å². The third-order valence-corrected chi connectivity index (χ3v) is 4.86. The molecule has 2 heterocycles. The molecule has 1 aromatic rings. The highest BCUT2D eigenvalue weighted by molar-refractivity contribution is 9.10. The predicted octanol–water partition coefficient (Wildman–Crippen LogP) is 2.67. The first-order valence-electron chi connectivity index (χ1n) is 7.58. The molecule has 0 bridgehead atoms. The maximum Gasteiger partial charge on any atom is 0.133 e. The lowest BCUT2D eigenvalue weighted by Gasteiger charge is -2.37. The van der Waals surface area contributed by atoms with E-state index in [2.05, 4.69) is 28.1 Å². The Balaban J connectivity index is 1.65. The Morgan fingerprint density at radius 2 is 2.29 bits per heavy atom. The number of halogens is 1. The van der Waals surface area contributed by atoms with Crippen LogP contribution < -0.4 is 10.5 Å². The molecule has 0 amide bonds. The quantitative estimate of drug-likeness (QED) is 0.901. The van der Waals surface area contributed by atoms with Gasteiger partial charge in [0.25, 0.3) is 0 Å². The highest BCUT2D eigenvalue weighted by Crippen LogP contribution is 2.36. The second-order valence-electron chi connectivity index (χ2n) is 5.87. The molecule has 2 aliphatic rings. The molecule has 5 heteroatoms. The van der Waals surface area contributed by atoms with Crippen LogP contribution in [0.25, 0.3) is 0 Å². The van der Waals surface area contributed by atoms with E-state index in [1.165, 1.54) is 5.56 Å².